The molecule has 1 aliphatic rings. The maximum atomic E-state index is 11.7. The van der Waals surface area contributed by atoms with Crippen molar-refractivity contribution >= 4 is 11.6 Å². The van der Waals surface area contributed by atoms with Crippen LogP contribution in [-0.4, -0.2) is 20.9 Å². The fraction of sp³-hybridized carbons (Fsp3) is 0.600. The van der Waals surface area contributed by atoms with Gasteiger partial charge in [-0.15, -0.1) is 0 Å². The molecule has 1 unspecified atom stereocenters. The Morgan fingerprint density at radius 2 is 2.12 bits per heavy atom. The highest BCUT2D eigenvalue weighted by molar-refractivity contribution is 5.76. The molecule has 0 saturated heterocycles. The third kappa shape index (κ3) is 5.13. The van der Waals surface area contributed by atoms with E-state index >= 15 is 0 Å². The quantitative estimate of drug-likeness (QED) is 0.747. The van der Waals surface area contributed by atoms with Crippen molar-refractivity contribution in [3.8, 4) is 11.4 Å². The highest BCUT2D eigenvalue weighted by atomic mass is 16.5. The Labute approximate surface area is 154 Å². The summed E-state index contributed by atoms with van der Waals surface area (Å²) in [6, 6.07) is 3.53. The topological polar surface area (TPSA) is 94.9 Å². The van der Waals surface area contributed by atoms with Crippen LogP contribution in [0.15, 0.2) is 22.9 Å². The molecule has 26 heavy (non-hydrogen) atoms. The van der Waals surface area contributed by atoms with Crippen molar-refractivity contribution in [2.24, 2.45) is 5.92 Å². The number of aromatic nitrogens is 3. The number of carbonyl (C=O) groups is 1. The van der Waals surface area contributed by atoms with Gasteiger partial charge in [0.2, 0.25) is 11.7 Å². The molecule has 0 radical (unpaired) electrons. The fourth-order valence-electron chi connectivity index (χ4n) is 3.84. The standard InChI is InChI=1S/C20H28N4O2/c1-14(25)12-16(9-5-8-15-6-3-2-4-7-15)20-23-19(24-26-20)17-10-11-18(21)22-13-17/h10-11,13,15-16H,2-9,12H2,1H3,(H2,21,22). The van der Waals surface area contributed by atoms with Gasteiger partial charge in [0.25, 0.3) is 0 Å². The summed E-state index contributed by atoms with van der Waals surface area (Å²) in [5, 5.41) is 4.06. The average Bonchev–Trinajstić information content (AvgIpc) is 3.12. The van der Waals surface area contributed by atoms with E-state index in [4.69, 9.17) is 10.3 Å². The van der Waals surface area contributed by atoms with Crippen LogP contribution in [0, 0.1) is 5.92 Å². The molecule has 0 spiro atoms. The normalized spacial score (nSPS) is 16.5. The van der Waals surface area contributed by atoms with Crippen molar-refractivity contribution in [1.82, 2.24) is 15.1 Å². The Bertz CT molecular complexity index is 705. The van der Waals surface area contributed by atoms with Crippen molar-refractivity contribution < 1.29 is 9.32 Å². The molecule has 2 heterocycles. The van der Waals surface area contributed by atoms with Gasteiger partial charge in [0.1, 0.15) is 11.6 Å². The number of pyridine rings is 1. The first-order valence-corrected chi connectivity index (χ1v) is 9.66. The largest absolute Gasteiger partial charge is 0.384 e. The van der Waals surface area contributed by atoms with Crippen LogP contribution in [-0.2, 0) is 4.79 Å². The molecule has 140 valence electrons. The smallest absolute Gasteiger partial charge is 0.230 e. The molecule has 2 aromatic heterocycles. The molecule has 0 amide bonds. The maximum absolute atomic E-state index is 11.7. The van der Waals surface area contributed by atoms with E-state index in [0.29, 0.717) is 24.0 Å². The van der Waals surface area contributed by atoms with Crippen LogP contribution in [0.25, 0.3) is 11.4 Å². The Morgan fingerprint density at radius 1 is 1.31 bits per heavy atom. The van der Waals surface area contributed by atoms with E-state index in [1.165, 1.54) is 38.5 Å². The lowest BCUT2D eigenvalue weighted by Crippen LogP contribution is -2.09. The van der Waals surface area contributed by atoms with Crippen molar-refractivity contribution in [2.45, 2.75) is 70.6 Å². The second-order valence-corrected chi connectivity index (χ2v) is 7.47. The highest BCUT2D eigenvalue weighted by Crippen LogP contribution is 2.31. The average molecular weight is 356 g/mol. The summed E-state index contributed by atoms with van der Waals surface area (Å²) in [4.78, 5) is 20.3. The zero-order valence-corrected chi connectivity index (χ0v) is 15.5. The van der Waals surface area contributed by atoms with E-state index in [1.807, 2.05) is 6.07 Å². The Morgan fingerprint density at radius 3 is 2.81 bits per heavy atom. The molecule has 0 aromatic carbocycles. The molecule has 6 heteroatoms. The number of ketones is 1. The minimum absolute atomic E-state index is 0.000851. The van der Waals surface area contributed by atoms with Gasteiger partial charge in [-0.05, 0) is 31.4 Å². The van der Waals surface area contributed by atoms with Gasteiger partial charge in [0.05, 0.1) is 0 Å². The number of hydrogen-bond acceptors (Lipinski definition) is 6. The molecule has 0 aliphatic heterocycles. The van der Waals surface area contributed by atoms with Gasteiger partial charge < -0.3 is 15.1 Å². The van der Waals surface area contributed by atoms with Gasteiger partial charge in [0, 0.05) is 24.1 Å². The number of nitrogens with zero attached hydrogens (tertiary/aromatic N) is 3. The summed E-state index contributed by atoms with van der Waals surface area (Å²) >= 11 is 0. The minimum Gasteiger partial charge on any atom is -0.384 e. The summed E-state index contributed by atoms with van der Waals surface area (Å²) in [6.45, 7) is 1.62. The number of rotatable bonds is 8. The van der Waals surface area contributed by atoms with Gasteiger partial charge in [-0.3, -0.25) is 0 Å². The fourth-order valence-corrected chi connectivity index (χ4v) is 3.84. The minimum atomic E-state index is -0.000851. The molecular formula is C20H28N4O2. The van der Waals surface area contributed by atoms with Crippen molar-refractivity contribution in [2.75, 3.05) is 5.73 Å². The van der Waals surface area contributed by atoms with Crippen LogP contribution in [0.2, 0.25) is 0 Å². The summed E-state index contributed by atoms with van der Waals surface area (Å²) in [6.07, 6.45) is 12.2. The lowest BCUT2D eigenvalue weighted by Gasteiger charge is -2.22. The molecule has 1 fully saturated rings. The van der Waals surface area contributed by atoms with Gasteiger partial charge in [-0.2, -0.15) is 4.98 Å². The SMILES string of the molecule is CC(=O)CC(CCCC1CCCCC1)c1nc(-c2ccc(N)nc2)no1. The van der Waals surface area contributed by atoms with Gasteiger partial charge >= 0.3 is 0 Å². The monoisotopic (exact) mass is 356 g/mol. The number of nitrogen functional groups attached to an aromatic ring is 1. The predicted octanol–water partition coefficient (Wildman–Crippen LogP) is 4.53. The van der Waals surface area contributed by atoms with Gasteiger partial charge in [-0.1, -0.05) is 50.1 Å². The van der Waals surface area contributed by atoms with E-state index in [9.17, 15) is 4.79 Å². The molecule has 6 nitrogen and oxygen atoms in total. The summed E-state index contributed by atoms with van der Waals surface area (Å²) in [7, 11) is 0. The van der Waals surface area contributed by atoms with Crippen LogP contribution in [0.4, 0.5) is 5.82 Å². The van der Waals surface area contributed by atoms with E-state index in [2.05, 4.69) is 15.1 Å². The summed E-state index contributed by atoms with van der Waals surface area (Å²) < 4.78 is 5.48. The molecular weight excluding hydrogens is 328 g/mol. The molecule has 2 aromatic rings. The predicted molar refractivity (Wildman–Crippen MR) is 100 cm³/mol. The molecule has 2 N–H and O–H groups in total. The van der Waals surface area contributed by atoms with Crippen molar-refractivity contribution in [3.05, 3.63) is 24.2 Å². The first-order valence-electron chi connectivity index (χ1n) is 9.66. The van der Waals surface area contributed by atoms with Gasteiger partial charge in [0.15, 0.2) is 0 Å². The van der Waals surface area contributed by atoms with Crippen molar-refractivity contribution in [3.63, 3.8) is 0 Å². The second-order valence-electron chi connectivity index (χ2n) is 7.47. The van der Waals surface area contributed by atoms with Crippen LogP contribution < -0.4 is 5.73 Å². The molecule has 1 atom stereocenters. The molecule has 0 bridgehead atoms. The number of carbonyl (C=O) groups excluding carboxylic acids is 1. The number of hydrogen-bond donors (Lipinski definition) is 1. The van der Waals surface area contributed by atoms with E-state index in [0.717, 1.165) is 24.3 Å². The third-order valence-corrected chi connectivity index (χ3v) is 5.26. The number of nitrogens with two attached hydrogens (primary N) is 1. The van der Waals surface area contributed by atoms with Crippen LogP contribution in [0.5, 0.6) is 0 Å². The third-order valence-electron chi connectivity index (χ3n) is 5.26. The number of Topliss-reactive ketones (excluding diaryl/α,β-unsaturated/α-hetero) is 1. The maximum Gasteiger partial charge on any atom is 0.230 e. The van der Waals surface area contributed by atoms with Crippen LogP contribution >= 0.6 is 0 Å². The summed E-state index contributed by atoms with van der Waals surface area (Å²) in [5.74, 6) is 2.50. The van der Waals surface area contributed by atoms with Crippen molar-refractivity contribution in [1.29, 1.82) is 0 Å². The molecule has 1 saturated carbocycles. The Balaban J connectivity index is 1.63. The van der Waals surface area contributed by atoms with E-state index in [1.54, 1.807) is 19.2 Å². The number of anilines is 1. The first-order chi connectivity index (χ1) is 12.6. The molecule has 3 rings (SSSR count). The van der Waals surface area contributed by atoms with Gasteiger partial charge in [-0.25, -0.2) is 4.98 Å². The zero-order valence-electron chi connectivity index (χ0n) is 15.5. The van der Waals surface area contributed by atoms with Crippen LogP contribution in [0.1, 0.15) is 76.5 Å². The van der Waals surface area contributed by atoms with E-state index < -0.39 is 0 Å². The highest BCUT2D eigenvalue weighted by Gasteiger charge is 2.22. The van der Waals surface area contributed by atoms with E-state index in [-0.39, 0.29) is 11.7 Å². The lowest BCUT2D eigenvalue weighted by atomic mass is 9.84. The second kappa shape index (κ2) is 8.92. The lowest BCUT2D eigenvalue weighted by molar-refractivity contribution is -0.117. The Kier molecular flexibility index (Phi) is 6.36. The Hall–Kier alpha value is -2.24. The van der Waals surface area contributed by atoms with Crippen LogP contribution in [0.3, 0.4) is 0 Å². The summed E-state index contributed by atoms with van der Waals surface area (Å²) in [5.41, 5.74) is 6.38. The zero-order chi connectivity index (χ0) is 18.4. The first kappa shape index (κ1) is 18.5. The molecule has 1 aliphatic carbocycles.